The molecule has 0 saturated heterocycles. The van der Waals surface area contributed by atoms with Crippen LogP contribution in [0.25, 0.3) is 0 Å². The van der Waals surface area contributed by atoms with E-state index in [9.17, 15) is 31.5 Å². The molecule has 0 aliphatic heterocycles. The van der Waals surface area contributed by atoms with E-state index in [2.05, 4.69) is 15.4 Å². The lowest BCUT2D eigenvalue weighted by atomic mass is 10.1. The van der Waals surface area contributed by atoms with Gasteiger partial charge in [0.15, 0.2) is 6.04 Å². The van der Waals surface area contributed by atoms with E-state index in [4.69, 9.17) is 4.74 Å². The van der Waals surface area contributed by atoms with Gasteiger partial charge in [-0.25, -0.2) is 9.59 Å². The van der Waals surface area contributed by atoms with Crippen LogP contribution in [-0.4, -0.2) is 42.6 Å². The minimum atomic E-state index is -4.98. The number of urea groups is 1. The Hall–Kier alpha value is -2.79. The Labute approximate surface area is 169 Å². The van der Waals surface area contributed by atoms with Gasteiger partial charge in [0.25, 0.3) is 0 Å². The maximum absolute atomic E-state index is 13.5. The Morgan fingerprint density at radius 2 is 1.67 bits per heavy atom. The first-order chi connectivity index (χ1) is 13.8. The van der Waals surface area contributed by atoms with E-state index >= 15 is 0 Å². The Bertz CT molecular complexity index is 767. The molecule has 7 nitrogen and oxygen atoms in total. The fraction of sp³-hybridized carbons (Fsp3) is 0.556. The minimum absolute atomic E-state index is 0.300. The number of halogens is 5. The molecule has 30 heavy (non-hydrogen) atoms. The molecule has 0 aromatic heterocycles. The van der Waals surface area contributed by atoms with E-state index in [1.807, 2.05) is 0 Å². The van der Waals surface area contributed by atoms with E-state index in [0.717, 1.165) is 12.1 Å². The lowest BCUT2D eigenvalue weighted by Gasteiger charge is -2.24. The Morgan fingerprint density at radius 3 is 2.23 bits per heavy atom. The van der Waals surface area contributed by atoms with Crippen LogP contribution in [0.2, 0.25) is 0 Å². The molecule has 0 heterocycles. The topological polar surface area (TPSA) is 88.7 Å². The van der Waals surface area contributed by atoms with Gasteiger partial charge in [0.2, 0.25) is 0 Å². The van der Waals surface area contributed by atoms with Crippen LogP contribution >= 0.6 is 0 Å². The molecule has 2 rings (SSSR count). The molecule has 1 fully saturated rings. The summed E-state index contributed by atoms with van der Waals surface area (Å²) in [5, 5.41) is 6.50. The van der Waals surface area contributed by atoms with Gasteiger partial charge in [-0.05, 0) is 33.3 Å². The van der Waals surface area contributed by atoms with Gasteiger partial charge in [-0.3, -0.25) is 0 Å². The lowest BCUT2D eigenvalue weighted by molar-refractivity contribution is -0.156. The van der Waals surface area contributed by atoms with Gasteiger partial charge in [0.1, 0.15) is 11.4 Å². The van der Waals surface area contributed by atoms with E-state index < -0.39 is 60.0 Å². The van der Waals surface area contributed by atoms with Crippen molar-refractivity contribution >= 4 is 12.1 Å². The van der Waals surface area contributed by atoms with Crippen molar-refractivity contribution in [1.82, 2.24) is 16.0 Å². The van der Waals surface area contributed by atoms with Crippen LogP contribution in [0.1, 0.15) is 38.8 Å². The highest BCUT2D eigenvalue weighted by atomic mass is 19.4. The highest BCUT2D eigenvalue weighted by Gasteiger charge is 2.45. The zero-order valence-corrected chi connectivity index (χ0v) is 16.3. The minimum Gasteiger partial charge on any atom is -0.444 e. The molecule has 1 aromatic rings. The normalized spacial score (nSPS) is 19.6. The fourth-order valence-corrected chi connectivity index (χ4v) is 2.57. The molecule has 0 radical (unpaired) electrons. The predicted octanol–water partition coefficient (Wildman–Crippen LogP) is 3.86. The molecule has 168 valence electrons. The summed E-state index contributed by atoms with van der Waals surface area (Å²) in [6.45, 7) is 1.65. The molecule has 0 bridgehead atoms. The van der Waals surface area contributed by atoms with Crippen molar-refractivity contribution in [3.05, 3.63) is 29.8 Å². The third-order valence-corrected chi connectivity index (χ3v) is 3.86. The van der Waals surface area contributed by atoms with Gasteiger partial charge in [0.05, 0.1) is 12.1 Å². The third-order valence-electron chi connectivity index (χ3n) is 3.86. The number of benzene rings is 1. The van der Waals surface area contributed by atoms with Crippen LogP contribution < -0.4 is 20.7 Å². The van der Waals surface area contributed by atoms with E-state index in [-0.39, 0.29) is 0 Å². The molecular weight excluding hydrogens is 417 g/mol. The highest BCUT2D eigenvalue weighted by molar-refractivity contribution is 5.76. The summed E-state index contributed by atoms with van der Waals surface area (Å²) in [6, 6.07) is -0.546. The summed E-state index contributed by atoms with van der Waals surface area (Å²) in [6.07, 6.45) is -5.39. The summed E-state index contributed by atoms with van der Waals surface area (Å²) in [7, 11) is 0. The fourth-order valence-electron chi connectivity index (χ4n) is 2.57. The number of rotatable bonds is 6. The van der Waals surface area contributed by atoms with Crippen molar-refractivity contribution in [3.8, 4) is 5.75 Å². The van der Waals surface area contributed by atoms with Crippen LogP contribution in [0.5, 0.6) is 5.75 Å². The van der Waals surface area contributed by atoms with Crippen molar-refractivity contribution in [2.45, 2.75) is 63.7 Å². The predicted molar refractivity (Wildman–Crippen MR) is 95.1 cm³/mol. The van der Waals surface area contributed by atoms with Crippen molar-refractivity contribution in [2.75, 3.05) is 0 Å². The number of alkyl halides is 5. The van der Waals surface area contributed by atoms with Crippen LogP contribution in [0.3, 0.4) is 0 Å². The molecule has 1 aromatic carbocycles. The molecule has 1 aliphatic rings. The molecular formula is C18H22F5N3O4. The van der Waals surface area contributed by atoms with E-state index in [1.165, 1.54) is 12.1 Å². The molecule has 3 atom stereocenters. The third kappa shape index (κ3) is 7.23. The summed E-state index contributed by atoms with van der Waals surface area (Å²) >= 11 is 0. The molecule has 0 spiro atoms. The number of para-hydroxylation sites is 1. The van der Waals surface area contributed by atoms with E-state index in [0.29, 0.717) is 6.42 Å². The number of ether oxygens (including phenoxy) is 2. The molecule has 1 saturated carbocycles. The largest absolute Gasteiger partial charge is 0.444 e. The van der Waals surface area contributed by atoms with Gasteiger partial charge >= 0.3 is 24.9 Å². The van der Waals surface area contributed by atoms with Crippen molar-refractivity contribution in [1.29, 1.82) is 0 Å². The second-order valence-corrected chi connectivity index (χ2v) is 7.60. The average molecular weight is 439 g/mol. The maximum Gasteiger partial charge on any atom is 0.413 e. The van der Waals surface area contributed by atoms with E-state index in [1.54, 1.807) is 26.1 Å². The van der Waals surface area contributed by atoms with Crippen LogP contribution in [-0.2, 0) is 4.74 Å². The lowest BCUT2D eigenvalue weighted by Crippen LogP contribution is -2.46. The number of amides is 3. The zero-order chi connectivity index (χ0) is 22.7. The summed E-state index contributed by atoms with van der Waals surface area (Å²) < 4.78 is 74.6. The van der Waals surface area contributed by atoms with Gasteiger partial charge in [-0.15, -0.1) is 0 Å². The Balaban J connectivity index is 1.99. The quantitative estimate of drug-likeness (QED) is 0.588. The molecule has 1 aliphatic carbocycles. The van der Waals surface area contributed by atoms with Gasteiger partial charge in [-0.1, -0.05) is 18.2 Å². The van der Waals surface area contributed by atoms with Gasteiger partial charge in [-0.2, -0.15) is 22.0 Å². The first kappa shape index (κ1) is 23.5. The number of alkyl carbamates (subject to hydrolysis) is 1. The van der Waals surface area contributed by atoms with Gasteiger partial charge < -0.3 is 25.4 Å². The van der Waals surface area contributed by atoms with Gasteiger partial charge in [0, 0.05) is 5.56 Å². The SMILES string of the molecule is CC(C)(C)OC(=O)N[C@@H]1C[C@H]1NC(=O)NC(c1ccccc1OC(F)F)C(F)(F)F. The highest BCUT2D eigenvalue weighted by Crippen LogP contribution is 2.37. The van der Waals surface area contributed by atoms with Crippen LogP contribution in [0.15, 0.2) is 24.3 Å². The average Bonchev–Trinajstić information content (AvgIpc) is 3.27. The second kappa shape index (κ2) is 8.92. The number of hydrogen-bond acceptors (Lipinski definition) is 4. The number of nitrogens with one attached hydrogen (secondary N) is 3. The summed E-state index contributed by atoms with van der Waals surface area (Å²) in [4.78, 5) is 23.7. The standard InChI is InChI=1S/C18H22F5N3O4/c1-17(2,3)30-16(28)25-11-8-10(11)24-15(27)26-13(18(21,22)23)9-6-4-5-7-12(9)29-14(19)20/h4-7,10-11,13-14H,8H2,1-3H3,(H,25,28)(H2,24,26,27)/t10-,11-,13?/m1/s1. The molecule has 12 heteroatoms. The van der Waals surface area contributed by atoms with Crippen LogP contribution in [0.4, 0.5) is 31.5 Å². The first-order valence-electron chi connectivity index (χ1n) is 8.93. The molecule has 3 N–H and O–H groups in total. The number of carbonyl (C=O) groups excluding carboxylic acids is 2. The van der Waals surface area contributed by atoms with Crippen molar-refractivity contribution in [3.63, 3.8) is 0 Å². The first-order valence-corrected chi connectivity index (χ1v) is 8.93. The Morgan fingerprint density at radius 1 is 1.07 bits per heavy atom. The molecule has 3 amide bonds. The Kier molecular flexibility index (Phi) is 6.99. The second-order valence-electron chi connectivity index (χ2n) is 7.60. The van der Waals surface area contributed by atoms with Crippen LogP contribution in [0, 0.1) is 0 Å². The van der Waals surface area contributed by atoms with Crippen molar-refractivity contribution in [2.24, 2.45) is 0 Å². The monoisotopic (exact) mass is 439 g/mol. The zero-order valence-electron chi connectivity index (χ0n) is 16.3. The molecule has 1 unspecified atom stereocenters. The smallest absolute Gasteiger partial charge is 0.413 e. The number of carbonyl (C=O) groups is 2. The van der Waals surface area contributed by atoms with Crippen molar-refractivity contribution < 1.29 is 41.0 Å². The summed E-state index contributed by atoms with van der Waals surface area (Å²) in [5.74, 6) is -0.703. The number of hydrogen-bond donors (Lipinski definition) is 3. The maximum atomic E-state index is 13.5. The summed E-state index contributed by atoms with van der Waals surface area (Å²) in [5.41, 5.74) is -1.40.